The van der Waals surface area contributed by atoms with Crippen LogP contribution in [0.3, 0.4) is 0 Å². The number of ether oxygens (including phenoxy) is 4. The average molecular weight is 400 g/mol. The Kier molecular flexibility index (Phi) is 5.82. The van der Waals surface area contributed by atoms with Crippen LogP contribution in [-0.4, -0.2) is 61.7 Å². The van der Waals surface area contributed by atoms with Crippen molar-refractivity contribution >= 4 is 5.91 Å². The Morgan fingerprint density at radius 3 is 2.79 bits per heavy atom. The van der Waals surface area contributed by atoms with Gasteiger partial charge in [0.2, 0.25) is 0 Å². The normalized spacial score (nSPS) is 20.8. The van der Waals surface area contributed by atoms with E-state index in [1.54, 1.807) is 13.2 Å². The smallest absolute Gasteiger partial charge is 0.270 e. The quantitative estimate of drug-likeness (QED) is 0.781. The summed E-state index contributed by atoms with van der Waals surface area (Å²) < 4.78 is 22.0. The maximum atomic E-state index is 12.8. The van der Waals surface area contributed by atoms with E-state index in [0.717, 1.165) is 16.9 Å². The number of benzene rings is 1. The van der Waals surface area contributed by atoms with Crippen LogP contribution in [0.2, 0.25) is 0 Å². The third-order valence-electron chi connectivity index (χ3n) is 5.01. The van der Waals surface area contributed by atoms with Gasteiger partial charge in [0.1, 0.15) is 24.7 Å². The number of rotatable bonds is 5. The Balaban J connectivity index is 1.59. The van der Waals surface area contributed by atoms with Crippen molar-refractivity contribution in [1.29, 1.82) is 0 Å². The van der Waals surface area contributed by atoms with E-state index in [4.69, 9.17) is 18.9 Å². The molecule has 3 heterocycles. The Bertz CT molecular complexity index is 870. The first kappa shape index (κ1) is 19.5. The van der Waals surface area contributed by atoms with Gasteiger partial charge in [0, 0.05) is 18.6 Å². The molecule has 1 aromatic carbocycles. The molecular weight excluding hydrogens is 376 g/mol. The molecule has 0 bridgehead atoms. The van der Waals surface area contributed by atoms with Gasteiger partial charge in [0.05, 0.1) is 25.9 Å². The lowest BCUT2D eigenvalue weighted by atomic mass is 10.0. The summed E-state index contributed by atoms with van der Waals surface area (Å²) in [5.41, 5.74) is 2.07. The number of aliphatic hydroxyl groups is 1. The molecule has 1 fully saturated rings. The lowest BCUT2D eigenvalue weighted by molar-refractivity contribution is -0.0140. The minimum atomic E-state index is -0.635. The van der Waals surface area contributed by atoms with Gasteiger partial charge < -0.3 is 29.4 Å². The van der Waals surface area contributed by atoms with E-state index in [2.05, 4.69) is 10.3 Å². The van der Waals surface area contributed by atoms with Gasteiger partial charge in [-0.3, -0.25) is 4.79 Å². The lowest BCUT2D eigenvalue weighted by Crippen LogP contribution is -2.49. The topological polar surface area (TPSA) is 99.1 Å². The molecule has 2 aromatic rings. The standard InChI is InChI=1S/C21H24N2O6/c1-26-15-4-2-13(3-5-15)10-14-11-16(23-21-19(14)28-8-9-29-21)20(25)22-17-12-27-7-6-18(17)24/h2-5,11,17-18,24H,6-10,12H2,1H3,(H,22,25). The van der Waals surface area contributed by atoms with Gasteiger partial charge in [-0.05, 0) is 30.2 Å². The van der Waals surface area contributed by atoms with Gasteiger partial charge >= 0.3 is 0 Å². The van der Waals surface area contributed by atoms with E-state index in [1.165, 1.54) is 0 Å². The number of hydrogen-bond acceptors (Lipinski definition) is 7. The van der Waals surface area contributed by atoms with Crippen LogP contribution in [0.4, 0.5) is 0 Å². The number of carbonyl (C=O) groups is 1. The largest absolute Gasteiger partial charge is 0.497 e. The van der Waals surface area contributed by atoms with Gasteiger partial charge in [-0.25, -0.2) is 4.98 Å². The van der Waals surface area contributed by atoms with Crippen LogP contribution in [0, 0.1) is 0 Å². The van der Waals surface area contributed by atoms with Crippen molar-refractivity contribution in [3.8, 4) is 17.4 Å². The van der Waals surface area contributed by atoms with Crippen molar-refractivity contribution in [3.63, 3.8) is 0 Å². The second-order valence-corrected chi connectivity index (χ2v) is 7.03. The summed E-state index contributed by atoms with van der Waals surface area (Å²) in [7, 11) is 1.62. The number of fused-ring (bicyclic) bond motifs is 1. The second-order valence-electron chi connectivity index (χ2n) is 7.03. The zero-order valence-electron chi connectivity index (χ0n) is 16.2. The minimum Gasteiger partial charge on any atom is -0.497 e. The number of aliphatic hydroxyl groups excluding tert-OH is 1. The van der Waals surface area contributed by atoms with Gasteiger partial charge in [0.15, 0.2) is 5.75 Å². The number of hydrogen-bond donors (Lipinski definition) is 2. The zero-order valence-corrected chi connectivity index (χ0v) is 16.2. The highest BCUT2D eigenvalue weighted by atomic mass is 16.6. The van der Waals surface area contributed by atoms with Crippen molar-refractivity contribution in [3.05, 3.63) is 47.2 Å². The first-order valence-electron chi connectivity index (χ1n) is 9.63. The fourth-order valence-electron chi connectivity index (χ4n) is 3.41. The van der Waals surface area contributed by atoms with Crippen LogP contribution >= 0.6 is 0 Å². The summed E-state index contributed by atoms with van der Waals surface area (Å²) >= 11 is 0. The fraction of sp³-hybridized carbons (Fsp3) is 0.429. The number of aromatic nitrogens is 1. The summed E-state index contributed by atoms with van der Waals surface area (Å²) in [6.45, 7) is 1.57. The van der Waals surface area contributed by atoms with Gasteiger partial charge in [-0.1, -0.05) is 12.1 Å². The van der Waals surface area contributed by atoms with Crippen LogP contribution in [0.5, 0.6) is 17.4 Å². The van der Waals surface area contributed by atoms with Crippen LogP contribution in [-0.2, 0) is 11.2 Å². The molecule has 154 valence electrons. The highest BCUT2D eigenvalue weighted by Crippen LogP contribution is 2.34. The summed E-state index contributed by atoms with van der Waals surface area (Å²) in [5, 5.41) is 12.9. The van der Waals surface area contributed by atoms with Crippen molar-refractivity contribution in [2.45, 2.75) is 25.0 Å². The predicted octanol–water partition coefficient (Wildman–Crippen LogP) is 1.33. The van der Waals surface area contributed by atoms with Gasteiger partial charge in [-0.2, -0.15) is 0 Å². The number of nitrogens with one attached hydrogen (secondary N) is 1. The molecule has 8 nitrogen and oxygen atoms in total. The lowest BCUT2D eigenvalue weighted by Gasteiger charge is -2.28. The first-order chi connectivity index (χ1) is 14.1. The second kappa shape index (κ2) is 8.67. The van der Waals surface area contributed by atoms with E-state index < -0.39 is 12.1 Å². The van der Waals surface area contributed by atoms with E-state index in [0.29, 0.717) is 44.3 Å². The zero-order chi connectivity index (χ0) is 20.2. The molecule has 2 aliphatic rings. The highest BCUT2D eigenvalue weighted by molar-refractivity contribution is 5.93. The number of pyridine rings is 1. The van der Waals surface area contributed by atoms with E-state index >= 15 is 0 Å². The van der Waals surface area contributed by atoms with E-state index in [1.807, 2.05) is 24.3 Å². The van der Waals surface area contributed by atoms with Crippen molar-refractivity contribution < 1.29 is 28.8 Å². The maximum absolute atomic E-state index is 12.8. The molecule has 1 amide bonds. The van der Waals surface area contributed by atoms with Crippen molar-refractivity contribution in [2.24, 2.45) is 0 Å². The SMILES string of the molecule is COc1ccc(Cc2cc(C(=O)NC3COCCC3O)nc3c2OCCO3)cc1. The molecular formula is C21H24N2O6. The Morgan fingerprint density at radius 1 is 1.24 bits per heavy atom. The molecule has 2 atom stereocenters. The van der Waals surface area contributed by atoms with Crippen LogP contribution in [0.15, 0.2) is 30.3 Å². The fourth-order valence-corrected chi connectivity index (χ4v) is 3.41. The van der Waals surface area contributed by atoms with Gasteiger partial charge in [-0.15, -0.1) is 0 Å². The van der Waals surface area contributed by atoms with Gasteiger partial charge in [0.25, 0.3) is 11.8 Å². The number of methoxy groups -OCH3 is 1. The Labute approximate surface area is 168 Å². The Morgan fingerprint density at radius 2 is 2.03 bits per heavy atom. The number of nitrogens with zero attached hydrogens (tertiary/aromatic N) is 1. The summed E-state index contributed by atoms with van der Waals surface area (Å²) in [4.78, 5) is 17.1. The predicted molar refractivity (Wildman–Crippen MR) is 104 cm³/mol. The molecule has 0 aliphatic carbocycles. The van der Waals surface area contributed by atoms with Crippen molar-refractivity contribution in [2.75, 3.05) is 33.5 Å². The summed E-state index contributed by atoms with van der Waals surface area (Å²) in [5.74, 6) is 1.27. The molecule has 1 saturated heterocycles. The first-order valence-corrected chi connectivity index (χ1v) is 9.63. The molecule has 1 aromatic heterocycles. The highest BCUT2D eigenvalue weighted by Gasteiger charge is 2.28. The van der Waals surface area contributed by atoms with Crippen molar-refractivity contribution in [1.82, 2.24) is 10.3 Å². The molecule has 4 rings (SSSR count). The monoisotopic (exact) mass is 400 g/mol. The Hall–Kier alpha value is -2.84. The van der Waals surface area contributed by atoms with Crippen LogP contribution in [0.25, 0.3) is 0 Å². The van der Waals surface area contributed by atoms with Crippen LogP contribution in [0.1, 0.15) is 28.0 Å². The number of carbonyl (C=O) groups excluding carboxylic acids is 1. The summed E-state index contributed by atoms with van der Waals surface area (Å²) in [6, 6.07) is 8.95. The molecule has 0 radical (unpaired) electrons. The van der Waals surface area contributed by atoms with Crippen LogP contribution < -0.4 is 19.5 Å². The maximum Gasteiger partial charge on any atom is 0.270 e. The third-order valence-corrected chi connectivity index (χ3v) is 5.01. The summed E-state index contributed by atoms with van der Waals surface area (Å²) in [6.07, 6.45) is 0.402. The molecule has 8 heteroatoms. The molecule has 0 saturated carbocycles. The molecule has 2 aliphatic heterocycles. The van der Waals surface area contributed by atoms with E-state index in [9.17, 15) is 9.90 Å². The average Bonchev–Trinajstić information content (AvgIpc) is 2.76. The van der Waals surface area contributed by atoms with E-state index in [-0.39, 0.29) is 18.2 Å². The molecule has 2 N–H and O–H groups in total. The molecule has 0 spiro atoms. The number of amides is 1. The molecule has 2 unspecified atom stereocenters. The third kappa shape index (κ3) is 4.44. The minimum absolute atomic E-state index is 0.218. The molecule has 29 heavy (non-hydrogen) atoms.